The quantitative estimate of drug-likeness (QED) is 0.692. The van der Waals surface area contributed by atoms with Gasteiger partial charge in [0.15, 0.2) is 0 Å². The molecule has 0 saturated heterocycles. The summed E-state index contributed by atoms with van der Waals surface area (Å²) in [6.45, 7) is 1.21. The normalized spacial score (nSPS) is 10.3. The van der Waals surface area contributed by atoms with Crippen LogP contribution in [0.3, 0.4) is 0 Å². The number of nitrogens with zero attached hydrogens (tertiary/aromatic N) is 1. The van der Waals surface area contributed by atoms with E-state index in [4.69, 9.17) is 16.3 Å². The summed E-state index contributed by atoms with van der Waals surface area (Å²) in [5.74, 6) is 1.36. The van der Waals surface area contributed by atoms with Crippen molar-refractivity contribution in [2.24, 2.45) is 0 Å². The van der Waals surface area contributed by atoms with Crippen molar-refractivity contribution in [1.82, 2.24) is 4.90 Å². The van der Waals surface area contributed by atoms with Gasteiger partial charge in [0.25, 0.3) is 0 Å². The van der Waals surface area contributed by atoms with Gasteiger partial charge in [-0.1, -0.05) is 42.5 Å². The van der Waals surface area contributed by atoms with Crippen molar-refractivity contribution in [3.05, 3.63) is 65.7 Å². The predicted octanol–water partition coefficient (Wildman–Crippen LogP) is 3.55. The number of carbonyl (C=O) groups excluding carboxylic acids is 1. The molecule has 2 aromatic rings. The van der Waals surface area contributed by atoms with Gasteiger partial charge in [0.05, 0.1) is 12.3 Å². The van der Waals surface area contributed by atoms with E-state index in [1.165, 1.54) is 5.56 Å². The van der Waals surface area contributed by atoms with Crippen molar-refractivity contribution in [3.63, 3.8) is 0 Å². The first kappa shape index (κ1) is 17.4. The van der Waals surface area contributed by atoms with Crippen molar-refractivity contribution in [3.8, 4) is 5.75 Å². The molecule has 2 rings (SSSR count). The average molecular weight is 332 g/mol. The van der Waals surface area contributed by atoms with Gasteiger partial charge >= 0.3 is 0 Å². The third-order valence-electron chi connectivity index (χ3n) is 3.63. The van der Waals surface area contributed by atoms with Gasteiger partial charge in [-0.25, -0.2) is 0 Å². The summed E-state index contributed by atoms with van der Waals surface area (Å²) in [5.41, 5.74) is 2.23. The maximum Gasteiger partial charge on any atom is 0.226 e. The van der Waals surface area contributed by atoms with E-state index in [-0.39, 0.29) is 5.91 Å². The molecule has 2 aromatic carbocycles. The molecule has 122 valence electrons. The van der Waals surface area contributed by atoms with Crippen LogP contribution in [0.2, 0.25) is 0 Å². The number of hydrogen-bond donors (Lipinski definition) is 0. The van der Waals surface area contributed by atoms with Crippen LogP contribution >= 0.6 is 11.6 Å². The Morgan fingerprint density at radius 1 is 1.04 bits per heavy atom. The molecule has 0 atom stereocenters. The van der Waals surface area contributed by atoms with Crippen molar-refractivity contribution >= 4 is 17.5 Å². The molecule has 0 aliphatic rings. The Balaban J connectivity index is 1.81. The maximum absolute atomic E-state index is 12.3. The van der Waals surface area contributed by atoms with Crippen LogP contribution in [-0.2, 0) is 17.6 Å². The van der Waals surface area contributed by atoms with E-state index in [1.807, 2.05) is 49.5 Å². The number of alkyl halides is 1. The van der Waals surface area contributed by atoms with Gasteiger partial charge in [0.2, 0.25) is 5.91 Å². The summed E-state index contributed by atoms with van der Waals surface area (Å²) in [5, 5.41) is 0. The van der Waals surface area contributed by atoms with Crippen LogP contribution in [0.15, 0.2) is 54.6 Å². The lowest BCUT2D eigenvalue weighted by Gasteiger charge is -2.17. The molecule has 0 spiro atoms. The minimum absolute atomic E-state index is 0.121. The lowest BCUT2D eigenvalue weighted by Crippen LogP contribution is -2.30. The molecule has 0 heterocycles. The molecule has 3 nitrogen and oxygen atoms in total. The minimum atomic E-state index is 0.121. The van der Waals surface area contributed by atoms with Crippen LogP contribution in [0.1, 0.15) is 11.1 Å². The molecule has 0 radical (unpaired) electrons. The Hall–Kier alpha value is -2.00. The molecular formula is C19H22ClNO2. The molecule has 0 aliphatic carbocycles. The van der Waals surface area contributed by atoms with Crippen LogP contribution in [0.4, 0.5) is 0 Å². The van der Waals surface area contributed by atoms with E-state index in [0.717, 1.165) is 24.3 Å². The topological polar surface area (TPSA) is 29.5 Å². The number of amides is 1. The van der Waals surface area contributed by atoms with Gasteiger partial charge in [-0.3, -0.25) is 4.79 Å². The molecular weight excluding hydrogens is 310 g/mol. The van der Waals surface area contributed by atoms with Gasteiger partial charge in [0, 0.05) is 13.6 Å². The molecule has 0 N–H and O–H groups in total. The fourth-order valence-corrected chi connectivity index (χ4v) is 2.31. The maximum atomic E-state index is 12.3. The second kappa shape index (κ2) is 9.21. The van der Waals surface area contributed by atoms with E-state index in [1.54, 1.807) is 4.90 Å². The molecule has 0 bridgehead atoms. The number of carbonyl (C=O) groups is 1. The summed E-state index contributed by atoms with van der Waals surface area (Å²) >= 11 is 5.59. The van der Waals surface area contributed by atoms with Crippen molar-refractivity contribution in [2.45, 2.75) is 12.8 Å². The van der Waals surface area contributed by atoms with Crippen LogP contribution in [-0.4, -0.2) is 36.9 Å². The first-order chi connectivity index (χ1) is 11.2. The zero-order chi connectivity index (χ0) is 16.5. The summed E-state index contributed by atoms with van der Waals surface area (Å²) in [7, 11) is 1.85. The van der Waals surface area contributed by atoms with Crippen molar-refractivity contribution in [2.75, 3.05) is 26.1 Å². The highest BCUT2D eigenvalue weighted by Crippen LogP contribution is 2.13. The standard InChI is InChI=1S/C19H22ClNO2/c1-21(13-11-16-5-3-2-4-6-16)19(22)15-17-7-9-18(10-8-17)23-14-12-20/h2-10H,11-15H2,1H3. The van der Waals surface area contributed by atoms with Crippen LogP contribution in [0, 0.1) is 0 Å². The molecule has 0 unspecified atom stereocenters. The molecule has 1 amide bonds. The first-order valence-electron chi connectivity index (χ1n) is 7.74. The number of rotatable bonds is 8. The predicted molar refractivity (Wildman–Crippen MR) is 94.1 cm³/mol. The summed E-state index contributed by atoms with van der Waals surface area (Å²) < 4.78 is 5.42. The molecule has 4 heteroatoms. The molecule has 23 heavy (non-hydrogen) atoms. The van der Waals surface area contributed by atoms with Gasteiger partial charge in [-0.2, -0.15) is 0 Å². The van der Waals surface area contributed by atoms with Crippen LogP contribution in [0.25, 0.3) is 0 Å². The number of halogens is 1. The Kier molecular flexibility index (Phi) is 6.95. The van der Waals surface area contributed by atoms with Crippen molar-refractivity contribution in [1.29, 1.82) is 0 Å². The average Bonchev–Trinajstić information content (AvgIpc) is 2.60. The Bertz CT molecular complexity index is 599. The van der Waals surface area contributed by atoms with Gasteiger partial charge in [-0.15, -0.1) is 11.6 Å². The summed E-state index contributed by atoms with van der Waals surface area (Å²) in [6, 6.07) is 17.8. The lowest BCUT2D eigenvalue weighted by molar-refractivity contribution is -0.129. The summed E-state index contributed by atoms with van der Waals surface area (Å²) in [6.07, 6.45) is 1.27. The molecule has 0 aliphatic heterocycles. The SMILES string of the molecule is CN(CCc1ccccc1)C(=O)Cc1ccc(OCCCl)cc1. The van der Waals surface area contributed by atoms with E-state index >= 15 is 0 Å². The molecule has 0 aromatic heterocycles. The number of benzene rings is 2. The number of ether oxygens (including phenoxy) is 1. The third kappa shape index (κ3) is 5.95. The van der Waals surface area contributed by atoms with Gasteiger partial charge < -0.3 is 9.64 Å². The lowest BCUT2D eigenvalue weighted by atomic mass is 10.1. The number of likely N-dealkylation sites (N-methyl/N-ethyl adjacent to an activating group) is 1. The van der Waals surface area contributed by atoms with Crippen LogP contribution in [0.5, 0.6) is 5.75 Å². The summed E-state index contributed by atoms with van der Waals surface area (Å²) in [4.78, 5) is 14.1. The molecule has 0 saturated carbocycles. The second-order valence-corrected chi connectivity index (χ2v) is 5.79. The fraction of sp³-hybridized carbons (Fsp3) is 0.316. The monoisotopic (exact) mass is 331 g/mol. The highest BCUT2D eigenvalue weighted by molar-refractivity contribution is 6.18. The van der Waals surface area contributed by atoms with E-state index in [9.17, 15) is 4.79 Å². The molecule has 0 fully saturated rings. The third-order valence-corrected chi connectivity index (χ3v) is 3.78. The number of hydrogen-bond acceptors (Lipinski definition) is 2. The van der Waals surface area contributed by atoms with E-state index in [0.29, 0.717) is 18.9 Å². The largest absolute Gasteiger partial charge is 0.492 e. The van der Waals surface area contributed by atoms with Crippen LogP contribution < -0.4 is 4.74 Å². The second-order valence-electron chi connectivity index (χ2n) is 5.41. The van der Waals surface area contributed by atoms with E-state index < -0.39 is 0 Å². The Morgan fingerprint density at radius 2 is 1.74 bits per heavy atom. The Morgan fingerprint density at radius 3 is 2.39 bits per heavy atom. The van der Waals surface area contributed by atoms with Gasteiger partial charge in [-0.05, 0) is 29.7 Å². The highest BCUT2D eigenvalue weighted by Gasteiger charge is 2.09. The minimum Gasteiger partial charge on any atom is -0.492 e. The fourth-order valence-electron chi connectivity index (χ4n) is 2.24. The zero-order valence-electron chi connectivity index (χ0n) is 13.4. The zero-order valence-corrected chi connectivity index (χ0v) is 14.1. The first-order valence-corrected chi connectivity index (χ1v) is 8.28. The Labute approximate surface area is 142 Å². The van der Waals surface area contributed by atoms with Crippen molar-refractivity contribution < 1.29 is 9.53 Å². The highest BCUT2D eigenvalue weighted by atomic mass is 35.5. The smallest absolute Gasteiger partial charge is 0.226 e. The van der Waals surface area contributed by atoms with E-state index in [2.05, 4.69) is 12.1 Å². The van der Waals surface area contributed by atoms with Gasteiger partial charge in [0.1, 0.15) is 12.4 Å².